The largest absolute Gasteiger partial charge is 0.336 e. The summed E-state index contributed by atoms with van der Waals surface area (Å²) in [6.07, 6.45) is 7.82. The Bertz CT molecular complexity index is 983. The second-order valence-corrected chi connectivity index (χ2v) is 10.6. The van der Waals surface area contributed by atoms with Crippen LogP contribution in [0.15, 0.2) is 59.5 Å². The zero-order chi connectivity index (χ0) is 21.7. The lowest BCUT2D eigenvalue weighted by Gasteiger charge is -2.25. The van der Waals surface area contributed by atoms with Gasteiger partial charge in [0.1, 0.15) is 0 Å². The normalized spacial score (nSPS) is 20.5. The lowest BCUT2D eigenvalue weighted by molar-refractivity contribution is 0.0730. The summed E-state index contributed by atoms with van der Waals surface area (Å²) < 4.78 is 27.9. The Hall–Kier alpha value is -2.18. The highest BCUT2D eigenvalue weighted by Crippen LogP contribution is 2.26. The predicted octanol–water partition coefficient (Wildman–Crippen LogP) is 4.49. The molecular formula is C25H32N2O3S. The predicted molar refractivity (Wildman–Crippen MR) is 122 cm³/mol. The lowest BCUT2D eigenvalue weighted by Crippen LogP contribution is -2.36. The van der Waals surface area contributed by atoms with Gasteiger partial charge in [0, 0.05) is 31.2 Å². The van der Waals surface area contributed by atoms with Gasteiger partial charge < -0.3 is 4.90 Å². The molecule has 6 heteroatoms. The lowest BCUT2D eigenvalue weighted by atomic mass is 10.0. The van der Waals surface area contributed by atoms with E-state index in [-0.39, 0.29) is 16.8 Å². The smallest absolute Gasteiger partial charge is 0.254 e. The number of likely N-dealkylation sites (tertiary alicyclic amines) is 1. The van der Waals surface area contributed by atoms with Crippen LogP contribution >= 0.6 is 0 Å². The van der Waals surface area contributed by atoms with Gasteiger partial charge in [0.25, 0.3) is 5.91 Å². The Labute approximate surface area is 186 Å². The van der Waals surface area contributed by atoms with Crippen LogP contribution in [0.3, 0.4) is 0 Å². The van der Waals surface area contributed by atoms with E-state index in [0.29, 0.717) is 18.7 Å². The van der Waals surface area contributed by atoms with Crippen LogP contribution in [-0.2, 0) is 16.4 Å². The van der Waals surface area contributed by atoms with E-state index in [9.17, 15) is 13.2 Å². The van der Waals surface area contributed by atoms with Gasteiger partial charge in [-0.1, -0.05) is 49.2 Å². The molecule has 0 radical (unpaired) electrons. The molecular weight excluding hydrogens is 408 g/mol. The van der Waals surface area contributed by atoms with Crippen molar-refractivity contribution < 1.29 is 13.2 Å². The number of nitrogens with zero attached hydrogens (tertiary/aromatic N) is 2. The van der Waals surface area contributed by atoms with Crippen molar-refractivity contribution in [2.75, 3.05) is 19.6 Å². The molecule has 4 rings (SSSR count). The van der Waals surface area contributed by atoms with Crippen molar-refractivity contribution in [1.82, 2.24) is 9.21 Å². The molecule has 0 spiro atoms. The van der Waals surface area contributed by atoms with Crippen LogP contribution in [0.4, 0.5) is 0 Å². The average molecular weight is 441 g/mol. The SMILES string of the molecule is O=C(c1cccc(S(=O)(=O)N2CCCCCC2)c1)N1CCCC1CCc1ccccc1. The van der Waals surface area contributed by atoms with Gasteiger partial charge in [-0.25, -0.2) is 8.42 Å². The summed E-state index contributed by atoms with van der Waals surface area (Å²) in [5, 5.41) is 0. The molecule has 0 bridgehead atoms. The van der Waals surface area contributed by atoms with Gasteiger partial charge in [-0.05, 0) is 62.3 Å². The molecule has 1 atom stereocenters. The van der Waals surface area contributed by atoms with Crippen molar-refractivity contribution in [1.29, 1.82) is 0 Å². The topological polar surface area (TPSA) is 57.7 Å². The fraction of sp³-hybridized carbons (Fsp3) is 0.480. The first-order valence-corrected chi connectivity index (χ1v) is 12.9. The van der Waals surface area contributed by atoms with E-state index in [1.54, 1.807) is 28.6 Å². The number of rotatable bonds is 6. The van der Waals surface area contributed by atoms with Crippen LogP contribution in [0.5, 0.6) is 0 Å². The molecule has 5 nitrogen and oxygen atoms in total. The molecule has 0 N–H and O–H groups in total. The van der Waals surface area contributed by atoms with Crippen molar-refractivity contribution >= 4 is 15.9 Å². The highest BCUT2D eigenvalue weighted by atomic mass is 32.2. The minimum atomic E-state index is -3.56. The van der Waals surface area contributed by atoms with Crippen molar-refractivity contribution in [3.8, 4) is 0 Å². The van der Waals surface area contributed by atoms with Gasteiger partial charge >= 0.3 is 0 Å². The standard InChI is InChI=1S/C25H32N2O3S/c28-25(27-19-9-13-23(27)16-15-21-10-4-3-5-11-21)22-12-8-14-24(20-22)31(29,30)26-17-6-1-2-7-18-26/h3-5,8,10-12,14,20,23H,1-2,6-7,9,13,15-19H2. The zero-order valence-corrected chi connectivity index (χ0v) is 18.9. The summed E-state index contributed by atoms with van der Waals surface area (Å²) in [5.74, 6) is -0.0523. The van der Waals surface area contributed by atoms with Gasteiger partial charge in [-0.15, -0.1) is 0 Å². The molecule has 1 amide bonds. The first-order chi connectivity index (χ1) is 15.1. The van der Waals surface area contributed by atoms with Crippen LogP contribution < -0.4 is 0 Å². The van der Waals surface area contributed by atoms with Gasteiger partial charge in [-0.2, -0.15) is 4.31 Å². The maximum atomic E-state index is 13.3. The summed E-state index contributed by atoms with van der Waals surface area (Å²) in [5.41, 5.74) is 1.76. The zero-order valence-electron chi connectivity index (χ0n) is 18.1. The summed E-state index contributed by atoms with van der Waals surface area (Å²) in [7, 11) is -3.56. The Morgan fingerprint density at radius 1 is 0.871 bits per heavy atom. The molecule has 0 aliphatic carbocycles. The molecule has 166 valence electrons. The van der Waals surface area contributed by atoms with Crippen LogP contribution in [0.1, 0.15) is 60.9 Å². The maximum Gasteiger partial charge on any atom is 0.254 e. The van der Waals surface area contributed by atoms with Crippen molar-refractivity contribution in [2.45, 2.75) is 62.3 Å². The second-order valence-electron chi connectivity index (χ2n) is 8.67. The van der Waals surface area contributed by atoms with E-state index in [0.717, 1.165) is 57.9 Å². The molecule has 2 fully saturated rings. The minimum absolute atomic E-state index is 0.0523. The van der Waals surface area contributed by atoms with E-state index in [1.165, 1.54) is 5.56 Å². The Kier molecular flexibility index (Phi) is 7.08. The molecule has 0 aromatic heterocycles. The molecule has 1 unspecified atom stereocenters. The highest BCUT2D eigenvalue weighted by Gasteiger charge is 2.31. The number of amides is 1. The van der Waals surface area contributed by atoms with Gasteiger partial charge in [0.15, 0.2) is 0 Å². The number of carbonyl (C=O) groups is 1. The third kappa shape index (κ3) is 5.18. The first kappa shape index (κ1) is 22.0. The summed E-state index contributed by atoms with van der Waals surface area (Å²) >= 11 is 0. The fourth-order valence-corrected chi connectivity index (χ4v) is 6.33. The summed E-state index contributed by atoms with van der Waals surface area (Å²) in [6.45, 7) is 1.86. The van der Waals surface area contributed by atoms with E-state index >= 15 is 0 Å². The quantitative estimate of drug-likeness (QED) is 0.665. The summed E-state index contributed by atoms with van der Waals surface area (Å²) in [6, 6.07) is 17.2. The number of benzene rings is 2. The molecule has 2 aromatic carbocycles. The van der Waals surface area contributed by atoms with E-state index in [4.69, 9.17) is 0 Å². The number of hydrogen-bond donors (Lipinski definition) is 0. The van der Waals surface area contributed by atoms with E-state index in [2.05, 4.69) is 12.1 Å². The van der Waals surface area contributed by atoms with Crippen molar-refractivity contribution in [3.63, 3.8) is 0 Å². The van der Waals surface area contributed by atoms with Crippen LogP contribution in [0, 0.1) is 0 Å². The third-order valence-corrected chi connectivity index (χ3v) is 8.43. The number of carbonyl (C=O) groups excluding carboxylic acids is 1. The van der Waals surface area contributed by atoms with E-state index < -0.39 is 10.0 Å². The number of aryl methyl sites for hydroxylation is 1. The second kappa shape index (κ2) is 9.96. The van der Waals surface area contributed by atoms with E-state index in [1.807, 2.05) is 23.1 Å². The first-order valence-electron chi connectivity index (χ1n) is 11.5. The van der Waals surface area contributed by atoms with Gasteiger partial charge in [0.05, 0.1) is 4.90 Å². The van der Waals surface area contributed by atoms with Crippen LogP contribution in [-0.4, -0.2) is 49.2 Å². The summed E-state index contributed by atoms with van der Waals surface area (Å²) in [4.78, 5) is 15.5. The Balaban J connectivity index is 1.48. The van der Waals surface area contributed by atoms with Crippen molar-refractivity contribution in [3.05, 3.63) is 65.7 Å². The van der Waals surface area contributed by atoms with Crippen molar-refractivity contribution in [2.24, 2.45) is 0 Å². The Morgan fingerprint density at radius 2 is 1.61 bits per heavy atom. The molecule has 0 saturated carbocycles. The van der Waals surface area contributed by atoms with Crippen LogP contribution in [0.25, 0.3) is 0 Å². The molecule has 2 aromatic rings. The molecule has 2 aliphatic rings. The third-order valence-electron chi connectivity index (χ3n) is 6.53. The Morgan fingerprint density at radius 3 is 2.35 bits per heavy atom. The highest BCUT2D eigenvalue weighted by molar-refractivity contribution is 7.89. The van der Waals surface area contributed by atoms with Gasteiger partial charge in [0.2, 0.25) is 10.0 Å². The van der Waals surface area contributed by atoms with Gasteiger partial charge in [-0.3, -0.25) is 4.79 Å². The minimum Gasteiger partial charge on any atom is -0.336 e. The van der Waals surface area contributed by atoms with Crippen LogP contribution in [0.2, 0.25) is 0 Å². The fourth-order valence-electron chi connectivity index (χ4n) is 4.77. The monoisotopic (exact) mass is 440 g/mol. The molecule has 2 saturated heterocycles. The number of hydrogen-bond acceptors (Lipinski definition) is 3. The maximum absolute atomic E-state index is 13.3. The molecule has 2 heterocycles. The molecule has 2 aliphatic heterocycles. The number of sulfonamides is 1. The average Bonchev–Trinajstić information content (AvgIpc) is 3.09. The molecule has 31 heavy (non-hydrogen) atoms.